The predicted molar refractivity (Wildman–Crippen MR) is 118 cm³/mol. The summed E-state index contributed by atoms with van der Waals surface area (Å²) in [5, 5.41) is 6.33. The molecule has 0 spiro atoms. The third-order valence-corrected chi connectivity index (χ3v) is 6.39. The number of carbonyl (C=O) groups is 2. The van der Waals surface area contributed by atoms with Gasteiger partial charge in [-0.05, 0) is 37.3 Å². The zero-order chi connectivity index (χ0) is 21.0. The second-order valence-corrected chi connectivity index (χ2v) is 10.1. The van der Waals surface area contributed by atoms with Crippen LogP contribution in [0.25, 0.3) is 0 Å². The fraction of sp³-hybridized carbons (Fsp3) is 0.400. The molecule has 0 saturated heterocycles. The van der Waals surface area contributed by atoms with Crippen molar-refractivity contribution in [3.05, 3.63) is 51.9 Å². The highest BCUT2D eigenvalue weighted by Gasteiger charge is 2.37. The van der Waals surface area contributed by atoms with Crippen molar-refractivity contribution in [1.82, 2.24) is 5.32 Å². The second-order valence-electron chi connectivity index (χ2n) is 6.63. The lowest BCUT2D eigenvalue weighted by atomic mass is 10.1. The molecule has 5 nitrogen and oxygen atoms in total. The molecule has 1 aromatic carbocycles. The van der Waals surface area contributed by atoms with Gasteiger partial charge in [-0.2, -0.15) is 0 Å². The fourth-order valence-corrected chi connectivity index (χ4v) is 4.88. The number of halogens is 3. The van der Waals surface area contributed by atoms with Crippen molar-refractivity contribution in [3.8, 4) is 0 Å². The SMILES string of the molecule is CCOC(=O)c1c(N[C@H](NC(=O)Cc2ccccc2)C(Cl)(Cl)Cl)sc2c1CCC2. The summed E-state index contributed by atoms with van der Waals surface area (Å²) in [5.41, 5.74) is 2.30. The molecule has 1 aliphatic carbocycles. The molecule has 0 bridgehead atoms. The van der Waals surface area contributed by atoms with E-state index in [1.54, 1.807) is 6.92 Å². The Morgan fingerprint density at radius 3 is 2.59 bits per heavy atom. The van der Waals surface area contributed by atoms with E-state index in [0.717, 1.165) is 35.3 Å². The van der Waals surface area contributed by atoms with Crippen molar-refractivity contribution >= 4 is 63.0 Å². The number of nitrogens with one attached hydrogen (secondary N) is 2. The lowest BCUT2D eigenvalue weighted by Crippen LogP contribution is -2.49. The second kappa shape index (κ2) is 9.56. The number of alkyl halides is 3. The van der Waals surface area contributed by atoms with E-state index < -0.39 is 15.9 Å². The highest BCUT2D eigenvalue weighted by atomic mass is 35.6. The summed E-state index contributed by atoms with van der Waals surface area (Å²) in [6, 6.07) is 9.28. The first-order valence-corrected chi connectivity index (χ1v) is 11.2. The molecule has 1 heterocycles. The van der Waals surface area contributed by atoms with Crippen LogP contribution in [0.2, 0.25) is 0 Å². The quantitative estimate of drug-likeness (QED) is 0.340. The minimum absolute atomic E-state index is 0.144. The lowest BCUT2D eigenvalue weighted by Gasteiger charge is -2.27. The Morgan fingerprint density at radius 1 is 1.21 bits per heavy atom. The molecule has 0 fully saturated rings. The van der Waals surface area contributed by atoms with Crippen molar-refractivity contribution in [1.29, 1.82) is 0 Å². The van der Waals surface area contributed by atoms with Gasteiger partial charge < -0.3 is 15.4 Å². The van der Waals surface area contributed by atoms with Crippen LogP contribution in [0.5, 0.6) is 0 Å². The maximum atomic E-state index is 12.5. The molecule has 1 amide bonds. The number of hydrogen-bond acceptors (Lipinski definition) is 5. The third-order valence-electron chi connectivity index (χ3n) is 4.52. The van der Waals surface area contributed by atoms with Gasteiger partial charge in [0.2, 0.25) is 9.70 Å². The number of thiophene rings is 1. The molecule has 0 saturated carbocycles. The maximum absolute atomic E-state index is 12.5. The van der Waals surface area contributed by atoms with Crippen LogP contribution < -0.4 is 10.6 Å². The molecule has 156 valence electrons. The van der Waals surface area contributed by atoms with E-state index >= 15 is 0 Å². The number of amides is 1. The Balaban J connectivity index is 1.81. The maximum Gasteiger partial charge on any atom is 0.341 e. The summed E-state index contributed by atoms with van der Waals surface area (Å²) in [4.78, 5) is 26.2. The van der Waals surface area contributed by atoms with Gasteiger partial charge in [-0.15, -0.1) is 11.3 Å². The van der Waals surface area contributed by atoms with Crippen LogP contribution in [0, 0.1) is 0 Å². The van der Waals surface area contributed by atoms with Gasteiger partial charge >= 0.3 is 5.97 Å². The number of benzene rings is 1. The summed E-state index contributed by atoms with van der Waals surface area (Å²) in [6.07, 6.45) is 1.82. The molecule has 9 heteroatoms. The number of hydrogen-bond donors (Lipinski definition) is 2. The Bertz CT molecular complexity index is 881. The first-order chi connectivity index (χ1) is 13.8. The molecule has 0 unspecified atom stereocenters. The largest absolute Gasteiger partial charge is 0.462 e. The van der Waals surface area contributed by atoms with Crippen molar-refractivity contribution in [2.75, 3.05) is 11.9 Å². The first kappa shape index (κ1) is 22.2. The molecular formula is C20H21Cl3N2O3S. The number of carbonyl (C=O) groups excluding carboxylic acids is 2. The molecule has 0 aliphatic heterocycles. The normalized spacial score (nSPS) is 14.2. The first-order valence-electron chi connectivity index (χ1n) is 9.27. The van der Waals surface area contributed by atoms with Gasteiger partial charge in [-0.1, -0.05) is 65.1 Å². The van der Waals surface area contributed by atoms with Gasteiger partial charge in [0.1, 0.15) is 11.2 Å². The van der Waals surface area contributed by atoms with Gasteiger partial charge in [-0.3, -0.25) is 4.79 Å². The van der Waals surface area contributed by atoms with E-state index in [-0.39, 0.29) is 18.9 Å². The van der Waals surface area contributed by atoms with Gasteiger partial charge in [-0.25, -0.2) is 4.79 Å². The predicted octanol–water partition coefficient (Wildman–Crippen LogP) is 4.88. The van der Waals surface area contributed by atoms with Crippen LogP contribution in [-0.2, 0) is 28.8 Å². The average molecular weight is 476 g/mol. The smallest absolute Gasteiger partial charge is 0.341 e. The zero-order valence-corrected chi connectivity index (χ0v) is 18.9. The van der Waals surface area contributed by atoms with E-state index in [9.17, 15) is 9.59 Å². The van der Waals surface area contributed by atoms with Crippen LogP contribution in [-0.4, -0.2) is 28.4 Å². The minimum atomic E-state index is -1.83. The molecule has 3 rings (SSSR count). The van der Waals surface area contributed by atoms with Gasteiger partial charge in [0.25, 0.3) is 0 Å². The number of esters is 1. The Hall–Kier alpha value is -1.47. The van der Waals surface area contributed by atoms with E-state index in [0.29, 0.717) is 10.6 Å². The van der Waals surface area contributed by atoms with Crippen molar-refractivity contribution in [3.63, 3.8) is 0 Å². The third kappa shape index (κ3) is 5.57. The molecule has 1 atom stereocenters. The van der Waals surface area contributed by atoms with E-state index in [1.807, 2.05) is 30.3 Å². The topological polar surface area (TPSA) is 67.4 Å². The highest BCUT2D eigenvalue weighted by molar-refractivity contribution is 7.16. The summed E-state index contributed by atoms with van der Waals surface area (Å²) in [5.74, 6) is -0.713. The molecule has 1 aliphatic rings. The summed E-state index contributed by atoms with van der Waals surface area (Å²) in [7, 11) is 0. The average Bonchev–Trinajstić information content (AvgIpc) is 3.22. The standard InChI is InChI=1S/C20H21Cl3N2O3S/c1-2-28-18(27)16-13-9-6-10-14(13)29-17(16)25-19(20(21,22)23)24-15(26)11-12-7-4-3-5-8-12/h3-5,7-8,19,25H,2,6,9-11H2,1H3,(H,24,26)/t19-/m0/s1. The molecular weight excluding hydrogens is 455 g/mol. The highest BCUT2D eigenvalue weighted by Crippen LogP contribution is 2.41. The van der Waals surface area contributed by atoms with Crippen LogP contribution >= 0.6 is 46.1 Å². The number of ether oxygens (including phenoxy) is 1. The lowest BCUT2D eigenvalue weighted by molar-refractivity contribution is -0.120. The number of fused-ring (bicyclic) bond motifs is 1. The molecule has 2 N–H and O–H groups in total. The van der Waals surface area contributed by atoms with Crippen LogP contribution in [0.4, 0.5) is 5.00 Å². The Morgan fingerprint density at radius 2 is 1.93 bits per heavy atom. The fourth-order valence-electron chi connectivity index (χ4n) is 3.25. The number of anilines is 1. The summed E-state index contributed by atoms with van der Waals surface area (Å²) in [6.45, 7) is 2.02. The summed E-state index contributed by atoms with van der Waals surface area (Å²) >= 11 is 19.8. The van der Waals surface area contributed by atoms with Gasteiger partial charge in [0.15, 0.2) is 0 Å². The monoisotopic (exact) mass is 474 g/mol. The van der Waals surface area contributed by atoms with Crippen molar-refractivity contribution in [2.24, 2.45) is 0 Å². The van der Waals surface area contributed by atoms with E-state index in [1.165, 1.54) is 11.3 Å². The zero-order valence-electron chi connectivity index (χ0n) is 15.8. The van der Waals surface area contributed by atoms with Crippen molar-refractivity contribution < 1.29 is 14.3 Å². The molecule has 29 heavy (non-hydrogen) atoms. The van der Waals surface area contributed by atoms with Crippen LogP contribution in [0.15, 0.2) is 30.3 Å². The Kier molecular flexibility index (Phi) is 7.32. The number of aryl methyl sites for hydroxylation is 1. The summed E-state index contributed by atoms with van der Waals surface area (Å²) < 4.78 is 3.39. The van der Waals surface area contributed by atoms with Crippen LogP contribution in [0.3, 0.4) is 0 Å². The minimum Gasteiger partial charge on any atom is -0.462 e. The van der Waals surface area contributed by atoms with E-state index in [2.05, 4.69) is 10.6 Å². The van der Waals surface area contributed by atoms with Gasteiger partial charge in [0, 0.05) is 4.88 Å². The van der Waals surface area contributed by atoms with E-state index in [4.69, 9.17) is 39.5 Å². The number of rotatable bonds is 7. The van der Waals surface area contributed by atoms with Crippen molar-refractivity contribution in [2.45, 2.75) is 42.6 Å². The molecule has 2 aromatic rings. The van der Waals surface area contributed by atoms with Gasteiger partial charge in [0.05, 0.1) is 18.6 Å². The molecule has 1 aromatic heterocycles. The van der Waals surface area contributed by atoms with Crippen LogP contribution in [0.1, 0.15) is 39.7 Å². The Labute approximate surface area is 188 Å². The molecule has 0 radical (unpaired) electrons.